The van der Waals surface area contributed by atoms with Crippen molar-refractivity contribution >= 4 is 5.91 Å². The molecule has 2 atom stereocenters. The fourth-order valence-electron chi connectivity index (χ4n) is 2.40. The van der Waals surface area contributed by atoms with Crippen LogP contribution in [0.5, 0.6) is 0 Å². The molecule has 0 saturated carbocycles. The Morgan fingerprint density at radius 3 is 2.71 bits per heavy atom. The van der Waals surface area contributed by atoms with Crippen LogP contribution in [-0.2, 0) is 9.53 Å². The molecule has 0 bridgehead atoms. The Bertz CT molecular complexity index is 264. The van der Waals surface area contributed by atoms with Gasteiger partial charge < -0.3 is 20.3 Å². The van der Waals surface area contributed by atoms with Crippen LogP contribution in [0.4, 0.5) is 0 Å². The van der Waals surface area contributed by atoms with Crippen LogP contribution in [0.3, 0.4) is 0 Å². The van der Waals surface area contributed by atoms with Crippen molar-refractivity contribution in [2.75, 3.05) is 33.2 Å². The van der Waals surface area contributed by atoms with Crippen molar-refractivity contribution in [3.05, 3.63) is 0 Å². The highest BCUT2D eigenvalue weighted by Crippen LogP contribution is 2.10. The quantitative estimate of drug-likeness (QED) is 0.689. The molecule has 0 aromatic carbocycles. The van der Waals surface area contributed by atoms with Gasteiger partial charge in [-0.2, -0.15) is 0 Å². The lowest BCUT2D eigenvalue weighted by molar-refractivity contribution is -0.139. The molecule has 2 aliphatic heterocycles. The van der Waals surface area contributed by atoms with Crippen molar-refractivity contribution in [1.29, 1.82) is 0 Å². The predicted molar refractivity (Wildman–Crippen MR) is 65.9 cm³/mol. The van der Waals surface area contributed by atoms with Crippen LogP contribution < -0.4 is 10.6 Å². The monoisotopic (exact) mass is 241 g/mol. The van der Waals surface area contributed by atoms with E-state index in [2.05, 4.69) is 22.6 Å². The van der Waals surface area contributed by atoms with Gasteiger partial charge in [-0.1, -0.05) is 0 Å². The molecule has 0 aromatic rings. The van der Waals surface area contributed by atoms with E-state index >= 15 is 0 Å². The summed E-state index contributed by atoms with van der Waals surface area (Å²) in [7, 11) is 2.12. The van der Waals surface area contributed by atoms with E-state index in [1.165, 1.54) is 0 Å². The molecule has 5 heteroatoms. The number of piperidine rings is 1. The van der Waals surface area contributed by atoms with Gasteiger partial charge in [0.25, 0.3) is 5.91 Å². The van der Waals surface area contributed by atoms with Gasteiger partial charge in [0.15, 0.2) is 0 Å². The molecule has 2 N–H and O–H groups in total. The molecule has 0 radical (unpaired) electrons. The summed E-state index contributed by atoms with van der Waals surface area (Å²) in [5.74, 6) is 0.0404. The number of likely N-dealkylation sites (tertiary alicyclic amines) is 1. The number of hydrogen-bond donors (Lipinski definition) is 2. The Morgan fingerprint density at radius 1 is 1.35 bits per heavy atom. The highest BCUT2D eigenvalue weighted by molar-refractivity contribution is 5.81. The minimum atomic E-state index is -0.321. The van der Waals surface area contributed by atoms with Crippen molar-refractivity contribution in [3.8, 4) is 0 Å². The summed E-state index contributed by atoms with van der Waals surface area (Å²) < 4.78 is 5.63. The SMILES string of the molecule is C[C@@H]1CNC[C@H](C(=O)NC2CCN(C)CC2)O1. The maximum absolute atomic E-state index is 12.0. The first-order valence-electron chi connectivity index (χ1n) is 6.50. The lowest BCUT2D eigenvalue weighted by Crippen LogP contribution is -2.53. The van der Waals surface area contributed by atoms with Gasteiger partial charge >= 0.3 is 0 Å². The van der Waals surface area contributed by atoms with Gasteiger partial charge in [-0.3, -0.25) is 4.79 Å². The third-order valence-electron chi connectivity index (χ3n) is 3.52. The van der Waals surface area contributed by atoms with Gasteiger partial charge in [-0.05, 0) is 39.9 Å². The van der Waals surface area contributed by atoms with Gasteiger partial charge in [0, 0.05) is 19.1 Å². The fraction of sp³-hybridized carbons (Fsp3) is 0.917. The average Bonchev–Trinajstić information content (AvgIpc) is 2.32. The van der Waals surface area contributed by atoms with E-state index in [1.54, 1.807) is 0 Å². The van der Waals surface area contributed by atoms with Crippen molar-refractivity contribution < 1.29 is 9.53 Å². The van der Waals surface area contributed by atoms with Crippen LogP contribution in [0.15, 0.2) is 0 Å². The molecule has 2 fully saturated rings. The normalized spacial score (nSPS) is 32.4. The van der Waals surface area contributed by atoms with E-state index in [4.69, 9.17) is 4.74 Å². The molecule has 5 nitrogen and oxygen atoms in total. The minimum Gasteiger partial charge on any atom is -0.363 e. The Kier molecular flexibility index (Phi) is 4.36. The molecular formula is C12H23N3O2. The summed E-state index contributed by atoms with van der Waals surface area (Å²) in [5, 5.41) is 6.31. The molecule has 17 heavy (non-hydrogen) atoms. The average molecular weight is 241 g/mol. The summed E-state index contributed by atoms with van der Waals surface area (Å²) in [5.41, 5.74) is 0. The number of amides is 1. The number of carbonyl (C=O) groups is 1. The number of morpholine rings is 1. The van der Waals surface area contributed by atoms with Gasteiger partial charge in [0.2, 0.25) is 0 Å². The standard InChI is InChI=1S/C12H23N3O2/c1-9-7-13-8-11(17-9)12(16)14-10-3-5-15(2)6-4-10/h9-11,13H,3-8H2,1-2H3,(H,14,16)/t9-,11-/m1/s1. The number of ether oxygens (including phenoxy) is 1. The van der Waals surface area contributed by atoms with Crippen LogP contribution in [0.25, 0.3) is 0 Å². The molecule has 0 spiro atoms. The number of hydrogen-bond acceptors (Lipinski definition) is 4. The smallest absolute Gasteiger partial charge is 0.250 e. The van der Waals surface area contributed by atoms with Gasteiger partial charge in [0.1, 0.15) is 6.10 Å². The maximum atomic E-state index is 12.0. The third-order valence-corrected chi connectivity index (χ3v) is 3.52. The Morgan fingerprint density at radius 2 is 2.06 bits per heavy atom. The summed E-state index contributed by atoms with van der Waals surface area (Å²) in [4.78, 5) is 14.3. The van der Waals surface area contributed by atoms with E-state index < -0.39 is 0 Å². The number of nitrogens with one attached hydrogen (secondary N) is 2. The first kappa shape index (κ1) is 12.8. The Hall–Kier alpha value is -0.650. The molecule has 0 aliphatic carbocycles. The molecule has 0 aromatic heterocycles. The molecule has 0 unspecified atom stereocenters. The van der Waals surface area contributed by atoms with E-state index in [-0.39, 0.29) is 18.1 Å². The maximum Gasteiger partial charge on any atom is 0.250 e. The predicted octanol–water partition coefficient (Wildman–Crippen LogP) is -0.426. The van der Waals surface area contributed by atoms with E-state index in [9.17, 15) is 4.79 Å². The second-order valence-corrected chi connectivity index (χ2v) is 5.18. The van der Waals surface area contributed by atoms with E-state index in [0.717, 1.165) is 32.5 Å². The first-order chi connectivity index (χ1) is 8.15. The highest BCUT2D eigenvalue weighted by atomic mass is 16.5. The van der Waals surface area contributed by atoms with Crippen LogP contribution in [0.1, 0.15) is 19.8 Å². The number of rotatable bonds is 2. The van der Waals surface area contributed by atoms with Crippen LogP contribution >= 0.6 is 0 Å². The number of carbonyl (C=O) groups excluding carboxylic acids is 1. The van der Waals surface area contributed by atoms with Crippen LogP contribution in [0.2, 0.25) is 0 Å². The lowest BCUT2D eigenvalue weighted by atomic mass is 10.1. The van der Waals surface area contributed by atoms with Crippen molar-refractivity contribution in [2.45, 2.75) is 38.0 Å². The van der Waals surface area contributed by atoms with Crippen LogP contribution in [-0.4, -0.2) is 62.3 Å². The molecule has 98 valence electrons. The zero-order valence-corrected chi connectivity index (χ0v) is 10.7. The van der Waals surface area contributed by atoms with Gasteiger partial charge in [0.05, 0.1) is 6.10 Å². The molecule has 2 saturated heterocycles. The number of nitrogens with zero attached hydrogens (tertiary/aromatic N) is 1. The zero-order valence-electron chi connectivity index (χ0n) is 10.7. The summed E-state index contributed by atoms with van der Waals surface area (Å²) in [6, 6.07) is 0.319. The van der Waals surface area contributed by atoms with Gasteiger partial charge in [-0.15, -0.1) is 0 Å². The molecule has 2 aliphatic rings. The van der Waals surface area contributed by atoms with Crippen molar-refractivity contribution in [3.63, 3.8) is 0 Å². The Balaban J connectivity index is 1.76. The zero-order chi connectivity index (χ0) is 12.3. The molecular weight excluding hydrogens is 218 g/mol. The lowest BCUT2D eigenvalue weighted by Gasteiger charge is -2.32. The second-order valence-electron chi connectivity index (χ2n) is 5.18. The van der Waals surface area contributed by atoms with Crippen LogP contribution in [0, 0.1) is 0 Å². The molecule has 1 amide bonds. The van der Waals surface area contributed by atoms with Gasteiger partial charge in [-0.25, -0.2) is 0 Å². The second kappa shape index (κ2) is 5.80. The minimum absolute atomic E-state index is 0.0404. The summed E-state index contributed by atoms with van der Waals surface area (Å²) in [6.07, 6.45) is 1.88. The fourth-order valence-corrected chi connectivity index (χ4v) is 2.40. The highest BCUT2D eigenvalue weighted by Gasteiger charge is 2.27. The topological polar surface area (TPSA) is 53.6 Å². The summed E-state index contributed by atoms with van der Waals surface area (Å²) in [6.45, 7) is 5.57. The molecule has 2 rings (SSSR count). The Labute approximate surface area is 103 Å². The van der Waals surface area contributed by atoms with Crippen molar-refractivity contribution in [1.82, 2.24) is 15.5 Å². The first-order valence-corrected chi connectivity index (χ1v) is 6.50. The third kappa shape index (κ3) is 3.66. The molecule has 2 heterocycles. The summed E-state index contributed by atoms with van der Waals surface area (Å²) >= 11 is 0. The largest absolute Gasteiger partial charge is 0.363 e. The van der Waals surface area contributed by atoms with E-state index in [1.807, 2.05) is 6.92 Å². The van der Waals surface area contributed by atoms with Crippen molar-refractivity contribution in [2.24, 2.45) is 0 Å². The van der Waals surface area contributed by atoms with E-state index in [0.29, 0.717) is 12.6 Å².